The highest BCUT2D eigenvalue weighted by atomic mass is 32.2. The van der Waals surface area contributed by atoms with Crippen LogP contribution in [0, 0.1) is 18.3 Å². The smallest absolute Gasteiger partial charge is 0.339 e. The van der Waals surface area contributed by atoms with E-state index in [1.54, 1.807) is 26.0 Å². The Balaban J connectivity index is 1.71. The van der Waals surface area contributed by atoms with Crippen molar-refractivity contribution < 1.29 is 22.7 Å². The largest absolute Gasteiger partial charge is 0.462 e. The third-order valence-electron chi connectivity index (χ3n) is 4.95. The van der Waals surface area contributed by atoms with Crippen molar-refractivity contribution in [1.82, 2.24) is 14.2 Å². The van der Waals surface area contributed by atoms with Crippen molar-refractivity contribution in [3.8, 4) is 6.07 Å². The van der Waals surface area contributed by atoms with E-state index in [0.717, 1.165) is 0 Å². The predicted molar refractivity (Wildman–Crippen MR) is 111 cm³/mol. The molecule has 162 valence electrons. The first-order valence-corrected chi connectivity index (χ1v) is 11.2. The zero-order chi connectivity index (χ0) is 22.6. The van der Waals surface area contributed by atoms with Gasteiger partial charge in [-0.05, 0) is 38.1 Å². The number of nitriles is 1. The Kier molecular flexibility index (Phi) is 6.68. The Morgan fingerprint density at radius 3 is 2.42 bits per heavy atom. The molecule has 10 heteroatoms. The average molecular weight is 442 g/mol. The number of carbonyl (C=O) groups excluding carboxylic acids is 2. The second-order valence-corrected chi connectivity index (χ2v) is 8.76. The topological polar surface area (TPSA) is 121 Å². The van der Waals surface area contributed by atoms with Crippen LogP contribution in [0.5, 0.6) is 0 Å². The van der Waals surface area contributed by atoms with Gasteiger partial charge < -0.3 is 9.64 Å². The highest BCUT2D eigenvalue weighted by Gasteiger charge is 2.32. The summed E-state index contributed by atoms with van der Waals surface area (Å²) in [6.07, 6.45) is 0. The number of amides is 1. The van der Waals surface area contributed by atoms with Gasteiger partial charge >= 0.3 is 5.97 Å². The van der Waals surface area contributed by atoms with Gasteiger partial charge in [-0.3, -0.25) is 4.79 Å². The average Bonchev–Trinajstić information content (AvgIpc) is 2.78. The maximum atomic E-state index is 12.9. The molecule has 0 saturated carbocycles. The third kappa shape index (κ3) is 4.57. The molecule has 0 N–H and O–H groups in total. The van der Waals surface area contributed by atoms with Crippen LogP contribution in [-0.4, -0.2) is 67.3 Å². The minimum absolute atomic E-state index is 0.0378. The lowest BCUT2D eigenvalue weighted by molar-refractivity contribution is 0.0523. The summed E-state index contributed by atoms with van der Waals surface area (Å²) < 4.78 is 32.1. The van der Waals surface area contributed by atoms with E-state index < -0.39 is 16.0 Å². The molecule has 1 saturated heterocycles. The molecule has 1 aliphatic rings. The Morgan fingerprint density at radius 2 is 1.81 bits per heavy atom. The van der Waals surface area contributed by atoms with Crippen LogP contribution in [-0.2, 0) is 14.8 Å². The Morgan fingerprint density at radius 1 is 1.13 bits per heavy atom. The normalized spacial score (nSPS) is 14.7. The van der Waals surface area contributed by atoms with E-state index in [9.17, 15) is 23.3 Å². The minimum atomic E-state index is -3.84. The van der Waals surface area contributed by atoms with Crippen LogP contribution in [0.1, 0.15) is 39.0 Å². The Hall–Kier alpha value is -3.29. The standard InChI is InChI=1S/C21H22N4O5S/c1-3-30-21(27)17-8-9-18(23-15(17)2)20(26)24-10-12-25(13-11-24)31(28,29)19-7-5-4-6-16(19)14-22/h4-9H,3,10-13H2,1-2H3. The lowest BCUT2D eigenvalue weighted by Gasteiger charge is -2.34. The van der Waals surface area contributed by atoms with Crippen molar-refractivity contribution in [2.45, 2.75) is 18.7 Å². The van der Waals surface area contributed by atoms with Crippen molar-refractivity contribution in [1.29, 1.82) is 5.26 Å². The summed E-state index contributed by atoms with van der Waals surface area (Å²) in [4.78, 5) is 30.4. The molecule has 1 aromatic carbocycles. The van der Waals surface area contributed by atoms with Crippen LogP contribution in [0.15, 0.2) is 41.3 Å². The number of pyridine rings is 1. The molecule has 31 heavy (non-hydrogen) atoms. The zero-order valence-corrected chi connectivity index (χ0v) is 18.1. The van der Waals surface area contributed by atoms with Crippen molar-refractivity contribution >= 4 is 21.9 Å². The molecular formula is C21H22N4O5S. The van der Waals surface area contributed by atoms with Crippen molar-refractivity contribution in [3.63, 3.8) is 0 Å². The van der Waals surface area contributed by atoms with Crippen molar-refractivity contribution in [2.75, 3.05) is 32.8 Å². The van der Waals surface area contributed by atoms with Gasteiger partial charge in [-0.15, -0.1) is 0 Å². The molecule has 1 fully saturated rings. The first-order valence-electron chi connectivity index (χ1n) is 9.73. The van der Waals surface area contributed by atoms with Crippen LogP contribution < -0.4 is 0 Å². The van der Waals surface area contributed by atoms with Gasteiger partial charge in [0.25, 0.3) is 5.91 Å². The highest BCUT2D eigenvalue weighted by Crippen LogP contribution is 2.21. The molecule has 0 aliphatic carbocycles. The second kappa shape index (κ2) is 9.24. The number of carbonyl (C=O) groups is 2. The molecule has 2 aromatic rings. The van der Waals surface area contributed by atoms with Gasteiger partial charge in [0.2, 0.25) is 10.0 Å². The Bertz CT molecular complexity index is 1150. The molecule has 0 atom stereocenters. The summed E-state index contributed by atoms with van der Waals surface area (Å²) in [6, 6.07) is 10.9. The zero-order valence-electron chi connectivity index (χ0n) is 17.2. The van der Waals surface area contributed by atoms with Crippen LogP contribution in [0.4, 0.5) is 0 Å². The van der Waals surface area contributed by atoms with Crippen LogP contribution in [0.2, 0.25) is 0 Å². The molecule has 0 bridgehead atoms. The molecule has 1 amide bonds. The maximum absolute atomic E-state index is 12.9. The Labute approximate surface area is 180 Å². The quantitative estimate of drug-likeness (QED) is 0.645. The number of aryl methyl sites for hydroxylation is 1. The molecule has 0 radical (unpaired) electrons. The molecule has 0 spiro atoms. The first-order chi connectivity index (χ1) is 14.8. The van der Waals surface area contributed by atoms with Crippen LogP contribution >= 0.6 is 0 Å². The van der Waals surface area contributed by atoms with Gasteiger partial charge in [0.15, 0.2) is 0 Å². The number of esters is 1. The van der Waals surface area contributed by atoms with Gasteiger partial charge in [-0.2, -0.15) is 9.57 Å². The second-order valence-electron chi connectivity index (χ2n) is 6.85. The summed E-state index contributed by atoms with van der Waals surface area (Å²) in [6.45, 7) is 4.16. The third-order valence-corrected chi connectivity index (χ3v) is 6.91. The monoisotopic (exact) mass is 442 g/mol. The molecular weight excluding hydrogens is 420 g/mol. The van der Waals surface area contributed by atoms with Gasteiger partial charge in [0, 0.05) is 26.2 Å². The van der Waals surface area contributed by atoms with Crippen LogP contribution in [0.25, 0.3) is 0 Å². The number of hydrogen-bond donors (Lipinski definition) is 0. The number of aromatic nitrogens is 1. The molecule has 1 aliphatic heterocycles. The molecule has 9 nitrogen and oxygen atoms in total. The van der Waals surface area contributed by atoms with E-state index in [2.05, 4.69) is 4.98 Å². The van der Waals surface area contributed by atoms with E-state index in [0.29, 0.717) is 11.3 Å². The fourth-order valence-electron chi connectivity index (χ4n) is 3.32. The first kappa shape index (κ1) is 22.4. The summed E-state index contributed by atoms with van der Waals surface area (Å²) >= 11 is 0. The van der Waals surface area contributed by atoms with Gasteiger partial charge in [0.05, 0.1) is 28.3 Å². The fraction of sp³-hybridized carbons (Fsp3) is 0.333. The van der Waals surface area contributed by atoms with Gasteiger partial charge in [-0.25, -0.2) is 18.2 Å². The van der Waals surface area contributed by atoms with Gasteiger partial charge in [-0.1, -0.05) is 12.1 Å². The molecule has 2 heterocycles. The molecule has 0 unspecified atom stereocenters. The molecule has 3 rings (SSSR count). The van der Waals surface area contributed by atoms with E-state index in [4.69, 9.17) is 4.74 Å². The number of benzene rings is 1. The van der Waals surface area contributed by atoms with E-state index in [-0.39, 0.29) is 54.8 Å². The van der Waals surface area contributed by atoms with Crippen molar-refractivity contribution in [3.05, 3.63) is 58.9 Å². The number of ether oxygens (including phenoxy) is 1. The number of hydrogen-bond acceptors (Lipinski definition) is 7. The number of rotatable bonds is 5. The summed E-state index contributed by atoms with van der Waals surface area (Å²) in [5, 5.41) is 9.21. The summed E-state index contributed by atoms with van der Waals surface area (Å²) in [5.74, 6) is -0.837. The minimum Gasteiger partial charge on any atom is -0.462 e. The maximum Gasteiger partial charge on any atom is 0.339 e. The summed E-state index contributed by atoms with van der Waals surface area (Å²) in [5.41, 5.74) is 0.947. The lowest BCUT2D eigenvalue weighted by atomic mass is 10.1. The summed E-state index contributed by atoms with van der Waals surface area (Å²) in [7, 11) is -3.84. The highest BCUT2D eigenvalue weighted by molar-refractivity contribution is 7.89. The SMILES string of the molecule is CCOC(=O)c1ccc(C(=O)N2CCN(S(=O)(=O)c3ccccc3C#N)CC2)nc1C. The van der Waals surface area contributed by atoms with E-state index >= 15 is 0 Å². The van der Waals surface area contributed by atoms with Crippen LogP contribution in [0.3, 0.4) is 0 Å². The van der Waals surface area contributed by atoms with Gasteiger partial charge in [0.1, 0.15) is 11.8 Å². The number of piperazine rings is 1. The number of nitrogens with zero attached hydrogens (tertiary/aromatic N) is 4. The fourth-order valence-corrected chi connectivity index (χ4v) is 4.89. The van der Waals surface area contributed by atoms with E-state index in [1.807, 2.05) is 6.07 Å². The van der Waals surface area contributed by atoms with E-state index in [1.165, 1.54) is 33.5 Å². The lowest BCUT2D eigenvalue weighted by Crippen LogP contribution is -2.50. The predicted octanol–water partition coefficient (Wildman–Crippen LogP) is 1.59. The molecule has 1 aromatic heterocycles. The number of sulfonamides is 1. The van der Waals surface area contributed by atoms with Crippen molar-refractivity contribution in [2.24, 2.45) is 0 Å².